The Morgan fingerprint density at radius 2 is 1.72 bits per heavy atom. The second-order valence-corrected chi connectivity index (χ2v) is 8.45. The summed E-state index contributed by atoms with van der Waals surface area (Å²) in [6.07, 6.45) is 3.70. The minimum atomic E-state index is -0.112. The highest BCUT2D eigenvalue weighted by molar-refractivity contribution is 9.10. The van der Waals surface area contributed by atoms with Gasteiger partial charge in [-0.25, -0.2) is 0 Å². The molecule has 1 aliphatic heterocycles. The lowest BCUT2D eigenvalue weighted by Crippen LogP contribution is -2.25. The van der Waals surface area contributed by atoms with Crippen LogP contribution in [0.2, 0.25) is 10.0 Å². The summed E-state index contributed by atoms with van der Waals surface area (Å²) in [6, 6.07) is 21.0. The van der Waals surface area contributed by atoms with Crippen LogP contribution in [0.5, 0.6) is 0 Å². The molecule has 29 heavy (non-hydrogen) atoms. The molecule has 0 bridgehead atoms. The van der Waals surface area contributed by atoms with Crippen LogP contribution < -0.4 is 4.90 Å². The molecule has 144 valence electrons. The lowest BCUT2D eigenvalue weighted by atomic mass is 10.1. The predicted molar refractivity (Wildman–Crippen MR) is 125 cm³/mol. The van der Waals surface area contributed by atoms with E-state index < -0.39 is 0 Å². The smallest absolute Gasteiger partial charge is 0.262 e. The molecule has 5 heteroatoms. The van der Waals surface area contributed by atoms with Gasteiger partial charge in [0.15, 0.2) is 0 Å². The lowest BCUT2D eigenvalue weighted by Gasteiger charge is -2.22. The summed E-state index contributed by atoms with van der Waals surface area (Å²) in [5.74, 6) is -0.112. The molecule has 0 atom stereocenters. The molecule has 0 saturated heterocycles. The van der Waals surface area contributed by atoms with Gasteiger partial charge >= 0.3 is 0 Å². The van der Waals surface area contributed by atoms with Crippen LogP contribution in [0.3, 0.4) is 0 Å². The van der Waals surface area contributed by atoms with E-state index in [-0.39, 0.29) is 5.91 Å². The standard InChI is InChI=1S/C24H16BrCl2NO/c1-15-7-10-22(20(25)11-15)28-23(16-5-3-2-4-6-16)13-18(24(28)29)12-17-8-9-19(26)14-21(17)27/h2-14H,1H3/b18-12+. The predicted octanol–water partition coefficient (Wildman–Crippen LogP) is 7.54. The van der Waals surface area contributed by atoms with Crippen LogP contribution in [0, 0.1) is 6.92 Å². The summed E-state index contributed by atoms with van der Waals surface area (Å²) in [6.45, 7) is 2.02. The molecule has 3 aromatic rings. The highest BCUT2D eigenvalue weighted by Crippen LogP contribution is 2.39. The number of carbonyl (C=O) groups is 1. The molecule has 1 amide bonds. The van der Waals surface area contributed by atoms with E-state index in [2.05, 4.69) is 15.9 Å². The van der Waals surface area contributed by atoms with Crippen LogP contribution in [-0.4, -0.2) is 5.91 Å². The highest BCUT2D eigenvalue weighted by atomic mass is 79.9. The molecule has 0 N–H and O–H groups in total. The monoisotopic (exact) mass is 483 g/mol. The molecule has 1 heterocycles. The first-order chi connectivity index (χ1) is 13.9. The van der Waals surface area contributed by atoms with Gasteiger partial charge in [-0.15, -0.1) is 0 Å². The third-order valence-corrected chi connectivity index (χ3v) is 5.87. The minimum Gasteiger partial charge on any atom is -0.275 e. The van der Waals surface area contributed by atoms with Gasteiger partial charge < -0.3 is 0 Å². The number of benzene rings is 3. The summed E-state index contributed by atoms with van der Waals surface area (Å²) in [4.78, 5) is 15.2. The van der Waals surface area contributed by atoms with E-state index in [1.54, 1.807) is 23.1 Å². The summed E-state index contributed by atoms with van der Waals surface area (Å²) in [5.41, 5.74) is 4.98. The molecule has 4 rings (SSSR count). The second kappa shape index (κ2) is 8.19. The molecule has 3 aromatic carbocycles. The van der Waals surface area contributed by atoms with Gasteiger partial charge in [-0.05, 0) is 76.0 Å². The number of nitrogens with zero attached hydrogens (tertiary/aromatic N) is 1. The van der Waals surface area contributed by atoms with Crippen molar-refractivity contribution in [2.75, 3.05) is 4.90 Å². The van der Waals surface area contributed by atoms with Gasteiger partial charge in [0, 0.05) is 20.1 Å². The summed E-state index contributed by atoms with van der Waals surface area (Å²) < 4.78 is 0.860. The topological polar surface area (TPSA) is 20.3 Å². The van der Waals surface area contributed by atoms with E-state index in [9.17, 15) is 4.79 Å². The highest BCUT2D eigenvalue weighted by Gasteiger charge is 2.31. The fourth-order valence-electron chi connectivity index (χ4n) is 3.26. The van der Waals surface area contributed by atoms with Crippen LogP contribution >= 0.6 is 39.1 Å². The van der Waals surface area contributed by atoms with Crippen molar-refractivity contribution in [3.63, 3.8) is 0 Å². The maximum absolute atomic E-state index is 13.4. The lowest BCUT2D eigenvalue weighted by molar-refractivity contribution is -0.113. The first-order valence-electron chi connectivity index (χ1n) is 8.98. The third kappa shape index (κ3) is 4.04. The fourth-order valence-corrected chi connectivity index (χ4v) is 4.39. The number of hydrogen-bond donors (Lipinski definition) is 0. The van der Waals surface area contributed by atoms with Gasteiger partial charge in [-0.3, -0.25) is 9.69 Å². The van der Waals surface area contributed by atoms with Crippen molar-refractivity contribution in [1.29, 1.82) is 0 Å². The van der Waals surface area contributed by atoms with E-state index in [0.29, 0.717) is 15.6 Å². The van der Waals surface area contributed by atoms with E-state index in [1.165, 1.54) is 0 Å². The molecule has 0 unspecified atom stereocenters. The Kier molecular flexibility index (Phi) is 5.64. The zero-order chi connectivity index (χ0) is 20.5. The van der Waals surface area contributed by atoms with Gasteiger partial charge in [0.1, 0.15) is 0 Å². The average molecular weight is 485 g/mol. The Bertz CT molecular complexity index is 1170. The van der Waals surface area contributed by atoms with Crippen LogP contribution in [0.25, 0.3) is 11.8 Å². The number of rotatable bonds is 3. The molecule has 0 aromatic heterocycles. The van der Waals surface area contributed by atoms with E-state index in [1.807, 2.05) is 67.6 Å². The molecule has 0 aliphatic carbocycles. The van der Waals surface area contributed by atoms with Crippen molar-refractivity contribution in [3.05, 3.63) is 110 Å². The number of amides is 1. The molecule has 0 saturated carbocycles. The van der Waals surface area contributed by atoms with E-state index >= 15 is 0 Å². The number of anilines is 1. The number of hydrogen-bond acceptors (Lipinski definition) is 1. The van der Waals surface area contributed by atoms with Gasteiger partial charge in [-0.1, -0.05) is 65.7 Å². The first kappa shape index (κ1) is 20.0. The van der Waals surface area contributed by atoms with E-state index in [0.717, 1.165) is 32.5 Å². The summed E-state index contributed by atoms with van der Waals surface area (Å²) in [7, 11) is 0. The first-order valence-corrected chi connectivity index (χ1v) is 10.5. The number of aryl methyl sites for hydroxylation is 1. The second-order valence-electron chi connectivity index (χ2n) is 6.76. The van der Waals surface area contributed by atoms with Crippen molar-refractivity contribution in [2.24, 2.45) is 0 Å². The van der Waals surface area contributed by atoms with E-state index in [4.69, 9.17) is 23.2 Å². The Labute approximate surface area is 188 Å². The Morgan fingerprint density at radius 1 is 0.966 bits per heavy atom. The number of halogens is 3. The van der Waals surface area contributed by atoms with Gasteiger partial charge in [0.2, 0.25) is 0 Å². The van der Waals surface area contributed by atoms with Crippen molar-refractivity contribution in [3.8, 4) is 0 Å². The SMILES string of the molecule is Cc1ccc(N2C(=O)/C(=C/c3ccc(Cl)cc3Cl)C=C2c2ccccc2)c(Br)c1. The normalized spacial score (nSPS) is 15.2. The fraction of sp³-hybridized carbons (Fsp3) is 0.0417. The molecule has 1 aliphatic rings. The largest absolute Gasteiger partial charge is 0.275 e. The zero-order valence-electron chi connectivity index (χ0n) is 15.5. The molecular weight excluding hydrogens is 469 g/mol. The van der Waals surface area contributed by atoms with Crippen molar-refractivity contribution >= 4 is 62.5 Å². The summed E-state index contributed by atoms with van der Waals surface area (Å²) >= 11 is 15.9. The molecular formula is C24H16BrCl2NO. The van der Waals surface area contributed by atoms with Crippen molar-refractivity contribution in [2.45, 2.75) is 6.92 Å². The third-order valence-electron chi connectivity index (χ3n) is 4.67. The quantitative estimate of drug-likeness (QED) is 0.351. The average Bonchev–Trinajstić information content (AvgIpc) is 3.01. The zero-order valence-corrected chi connectivity index (χ0v) is 18.6. The maximum Gasteiger partial charge on any atom is 0.262 e. The Morgan fingerprint density at radius 3 is 2.41 bits per heavy atom. The minimum absolute atomic E-state index is 0.112. The van der Waals surface area contributed by atoms with Crippen LogP contribution in [0.15, 0.2) is 82.9 Å². The Balaban J connectivity index is 1.86. The molecule has 2 nitrogen and oxygen atoms in total. The summed E-state index contributed by atoms with van der Waals surface area (Å²) in [5, 5.41) is 1.06. The van der Waals surface area contributed by atoms with Crippen molar-refractivity contribution < 1.29 is 4.79 Å². The van der Waals surface area contributed by atoms with Crippen molar-refractivity contribution in [1.82, 2.24) is 0 Å². The van der Waals surface area contributed by atoms with Gasteiger partial charge in [-0.2, -0.15) is 0 Å². The van der Waals surface area contributed by atoms with Crippen LogP contribution in [0.1, 0.15) is 16.7 Å². The number of carbonyl (C=O) groups excluding carboxylic acids is 1. The molecule has 0 spiro atoms. The van der Waals surface area contributed by atoms with Crippen LogP contribution in [-0.2, 0) is 4.79 Å². The molecule has 0 fully saturated rings. The van der Waals surface area contributed by atoms with Gasteiger partial charge in [0.25, 0.3) is 5.91 Å². The molecule has 0 radical (unpaired) electrons. The Hall–Kier alpha value is -2.33. The van der Waals surface area contributed by atoms with Crippen LogP contribution in [0.4, 0.5) is 5.69 Å². The van der Waals surface area contributed by atoms with Gasteiger partial charge in [0.05, 0.1) is 11.4 Å². The maximum atomic E-state index is 13.4.